The van der Waals surface area contributed by atoms with Gasteiger partial charge >= 0.3 is 12.1 Å². The monoisotopic (exact) mass is 402 g/mol. The number of benzene rings is 1. The summed E-state index contributed by atoms with van der Waals surface area (Å²) in [6, 6.07) is 6.52. The molecule has 0 saturated carbocycles. The molecule has 1 atom stereocenters. The first kappa shape index (κ1) is 22.5. The van der Waals surface area contributed by atoms with Gasteiger partial charge < -0.3 is 14.8 Å². The van der Waals surface area contributed by atoms with E-state index in [0.29, 0.717) is 0 Å². The first-order valence-electron chi connectivity index (χ1n) is 9.54. The minimum absolute atomic E-state index is 0.0605. The molecule has 0 fully saturated rings. The van der Waals surface area contributed by atoms with E-state index in [4.69, 9.17) is 9.47 Å². The van der Waals surface area contributed by atoms with E-state index < -0.39 is 29.1 Å². The van der Waals surface area contributed by atoms with Gasteiger partial charge in [-0.25, -0.2) is 9.59 Å². The average Bonchev–Trinajstić information content (AvgIpc) is 2.96. The molecule has 7 heteroatoms. The summed E-state index contributed by atoms with van der Waals surface area (Å²) in [7, 11) is 1.26. The molecule has 0 bridgehead atoms. The number of aromatic nitrogens is 1. The molecule has 1 N–H and O–H groups in total. The van der Waals surface area contributed by atoms with Gasteiger partial charge in [-0.2, -0.15) is 0 Å². The Morgan fingerprint density at radius 2 is 1.69 bits per heavy atom. The van der Waals surface area contributed by atoms with Crippen molar-refractivity contribution in [2.75, 3.05) is 7.11 Å². The number of ether oxygens (including phenoxy) is 2. The number of alkyl carbamates (subject to hydrolysis) is 1. The maximum Gasteiger partial charge on any atom is 0.408 e. The number of para-hydroxylation sites is 1. The Labute approximate surface area is 171 Å². The fraction of sp³-hybridized carbons (Fsp3) is 0.500. The molecule has 1 aromatic heterocycles. The number of carbonyl (C=O) groups excluding carboxylic acids is 3. The van der Waals surface area contributed by atoms with E-state index in [1.807, 2.05) is 45.0 Å². The van der Waals surface area contributed by atoms with Gasteiger partial charge in [-0.1, -0.05) is 39.0 Å². The summed E-state index contributed by atoms with van der Waals surface area (Å²) in [5.74, 6) is -0.649. The molecule has 2 aromatic rings. The highest BCUT2D eigenvalue weighted by atomic mass is 16.6. The molecule has 1 aromatic carbocycles. The number of hydrogen-bond donors (Lipinski definition) is 1. The zero-order chi connectivity index (χ0) is 22.0. The van der Waals surface area contributed by atoms with Crippen molar-refractivity contribution in [2.24, 2.45) is 5.41 Å². The van der Waals surface area contributed by atoms with E-state index in [0.717, 1.165) is 16.5 Å². The number of methoxy groups -OCH3 is 1. The average molecular weight is 402 g/mol. The van der Waals surface area contributed by atoms with E-state index in [2.05, 4.69) is 5.32 Å². The lowest BCUT2D eigenvalue weighted by Gasteiger charge is -2.22. The quantitative estimate of drug-likeness (QED) is 0.783. The van der Waals surface area contributed by atoms with Crippen molar-refractivity contribution < 1.29 is 23.9 Å². The molecular weight excluding hydrogens is 372 g/mol. The van der Waals surface area contributed by atoms with Crippen molar-refractivity contribution in [1.82, 2.24) is 9.88 Å². The highest BCUT2D eigenvalue weighted by Gasteiger charge is 2.29. The maximum atomic E-state index is 12.9. The largest absolute Gasteiger partial charge is 0.467 e. The van der Waals surface area contributed by atoms with Gasteiger partial charge in [0.25, 0.3) is 0 Å². The Balaban J connectivity index is 2.40. The molecule has 0 aliphatic carbocycles. The number of rotatable bonds is 4. The van der Waals surface area contributed by atoms with Crippen LogP contribution in [0.15, 0.2) is 30.5 Å². The zero-order valence-corrected chi connectivity index (χ0v) is 18.2. The predicted octanol–water partition coefficient (Wildman–Crippen LogP) is 3.94. The molecule has 0 unspecified atom stereocenters. The van der Waals surface area contributed by atoms with Gasteiger partial charge in [-0.3, -0.25) is 9.36 Å². The molecule has 0 spiro atoms. The van der Waals surface area contributed by atoms with Gasteiger partial charge in [0.15, 0.2) is 0 Å². The standard InChI is InChI=1S/C22H30N2O5/c1-21(2,3)19(26)24-13-14(15-10-8-9-11-17(15)24)12-16(18(25)28-7)23-20(27)29-22(4,5)6/h8-11,13,16H,12H2,1-7H3,(H,23,27)/t16-/m0/s1. The fourth-order valence-corrected chi connectivity index (χ4v) is 2.95. The van der Waals surface area contributed by atoms with Crippen LogP contribution < -0.4 is 5.32 Å². The van der Waals surface area contributed by atoms with Crippen molar-refractivity contribution in [3.63, 3.8) is 0 Å². The van der Waals surface area contributed by atoms with E-state index in [1.165, 1.54) is 7.11 Å². The van der Waals surface area contributed by atoms with Crippen LogP contribution in [0, 0.1) is 5.41 Å². The smallest absolute Gasteiger partial charge is 0.408 e. The highest BCUT2D eigenvalue weighted by Crippen LogP contribution is 2.27. The van der Waals surface area contributed by atoms with Gasteiger partial charge in [0.1, 0.15) is 11.6 Å². The summed E-state index contributed by atoms with van der Waals surface area (Å²) in [5, 5.41) is 3.41. The Morgan fingerprint density at radius 1 is 1.07 bits per heavy atom. The SMILES string of the molecule is COC(=O)[C@H](Cc1cn(C(=O)C(C)(C)C)c2ccccc12)NC(=O)OC(C)(C)C. The topological polar surface area (TPSA) is 86.6 Å². The number of carbonyl (C=O) groups is 3. The molecule has 7 nitrogen and oxygen atoms in total. The molecule has 1 heterocycles. The second kappa shape index (κ2) is 8.27. The molecular formula is C22H30N2O5. The van der Waals surface area contributed by atoms with E-state index >= 15 is 0 Å². The van der Waals surface area contributed by atoms with Gasteiger partial charge in [0.05, 0.1) is 12.6 Å². The van der Waals surface area contributed by atoms with Crippen molar-refractivity contribution in [2.45, 2.75) is 59.6 Å². The summed E-state index contributed by atoms with van der Waals surface area (Å²) >= 11 is 0. The molecule has 2 rings (SSSR count). The maximum absolute atomic E-state index is 12.9. The number of esters is 1. The van der Waals surface area contributed by atoms with Crippen LogP contribution >= 0.6 is 0 Å². The zero-order valence-electron chi connectivity index (χ0n) is 18.2. The summed E-state index contributed by atoms with van der Waals surface area (Å²) < 4.78 is 11.7. The van der Waals surface area contributed by atoms with Gasteiger partial charge in [-0.05, 0) is 32.4 Å². The number of nitrogens with one attached hydrogen (secondary N) is 1. The van der Waals surface area contributed by atoms with Gasteiger partial charge in [0.2, 0.25) is 5.91 Å². The minimum atomic E-state index is -0.946. The van der Waals surface area contributed by atoms with Crippen molar-refractivity contribution >= 4 is 28.9 Å². The van der Waals surface area contributed by atoms with Crippen molar-refractivity contribution in [3.8, 4) is 0 Å². The number of nitrogens with zero attached hydrogens (tertiary/aromatic N) is 1. The highest BCUT2D eigenvalue weighted by molar-refractivity contribution is 5.97. The second-order valence-corrected chi connectivity index (χ2v) is 9.02. The summed E-state index contributed by atoms with van der Waals surface area (Å²) in [6.45, 7) is 10.8. The molecule has 0 radical (unpaired) electrons. The fourth-order valence-electron chi connectivity index (χ4n) is 2.95. The lowest BCUT2D eigenvalue weighted by atomic mass is 9.95. The molecule has 0 aliphatic heterocycles. The number of fused-ring (bicyclic) bond motifs is 1. The Hall–Kier alpha value is -2.83. The van der Waals surface area contributed by atoms with Crippen molar-refractivity contribution in [3.05, 3.63) is 36.0 Å². The summed E-state index contributed by atoms with van der Waals surface area (Å²) in [4.78, 5) is 37.4. The van der Waals surface area contributed by atoms with Crippen LogP contribution in [0.2, 0.25) is 0 Å². The van der Waals surface area contributed by atoms with Gasteiger partial charge in [0, 0.05) is 23.4 Å². The summed E-state index contributed by atoms with van der Waals surface area (Å²) in [5.41, 5.74) is 0.239. The normalized spacial score (nSPS) is 13.1. The molecule has 1 amide bonds. The Kier molecular flexibility index (Phi) is 6.40. The van der Waals surface area contributed by atoms with E-state index in [1.54, 1.807) is 31.5 Å². The van der Waals surface area contributed by atoms with Crippen LogP contribution in [-0.2, 0) is 20.7 Å². The third-order valence-electron chi connectivity index (χ3n) is 4.26. The summed E-state index contributed by atoms with van der Waals surface area (Å²) in [6.07, 6.45) is 1.18. The third-order valence-corrected chi connectivity index (χ3v) is 4.26. The van der Waals surface area contributed by atoms with Crippen LogP contribution in [0.25, 0.3) is 10.9 Å². The lowest BCUT2D eigenvalue weighted by Crippen LogP contribution is -2.45. The molecule has 158 valence electrons. The van der Waals surface area contributed by atoms with Crippen LogP contribution in [0.3, 0.4) is 0 Å². The third kappa shape index (κ3) is 5.59. The van der Waals surface area contributed by atoms with Crippen LogP contribution in [0.1, 0.15) is 51.9 Å². The second-order valence-electron chi connectivity index (χ2n) is 9.02. The van der Waals surface area contributed by atoms with Crippen molar-refractivity contribution in [1.29, 1.82) is 0 Å². The number of amides is 1. The van der Waals surface area contributed by atoms with Crippen LogP contribution in [0.5, 0.6) is 0 Å². The Morgan fingerprint density at radius 3 is 2.24 bits per heavy atom. The van der Waals surface area contributed by atoms with E-state index in [9.17, 15) is 14.4 Å². The first-order chi connectivity index (χ1) is 13.3. The van der Waals surface area contributed by atoms with Gasteiger partial charge in [-0.15, -0.1) is 0 Å². The molecule has 0 saturated heterocycles. The van der Waals surface area contributed by atoms with E-state index in [-0.39, 0.29) is 12.3 Å². The minimum Gasteiger partial charge on any atom is -0.467 e. The molecule has 29 heavy (non-hydrogen) atoms. The lowest BCUT2D eigenvalue weighted by molar-refractivity contribution is -0.143. The first-order valence-corrected chi connectivity index (χ1v) is 9.54. The van der Waals surface area contributed by atoms with Crippen LogP contribution in [-0.4, -0.2) is 41.3 Å². The molecule has 0 aliphatic rings. The Bertz CT molecular complexity index is 915. The van der Waals surface area contributed by atoms with Crippen LogP contribution in [0.4, 0.5) is 4.79 Å². The number of hydrogen-bond acceptors (Lipinski definition) is 5. The predicted molar refractivity (Wildman–Crippen MR) is 111 cm³/mol.